The Morgan fingerprint density at radius 2 is 1.88 bits per heavy atom. The molecular weight excluding hydrogens is 312 g/mol. The Labute approximate surface area is 150 Å². The van der Waals surface area contributed by atoms with Crippen LogP contribution in [0.2, 0.25) is 0 Å². The number of nitrogens with one attached hydrogen (secondary N) is 1. The lowest BCUT2D eigenvalue weighted by Crippen LogP contribution is -2.25. The molecule has 0 saturated heterocycles. The van der Waals surface area contributed by atoms with Crippen molar-refractivity contribution in [2.45, 2.75) is 53.0 Å². The summed E-state index contributed by atoms with van der Waals surface area (Å²) in [6.07, 6.45) is 3.12. The Morgan fingerprint density at radius 3 is 2.56 bits per heavy atom. The number of carbonyl (C=O) groups is 1. The van der Waals surface area contributed by atoms with Crippen molar-refractivity contribution >= 4 is 5.91 Å². The largest absolute Gasteiger partial charge is 0.356 e. The Morgan fingerprint density at radius 1 is 1.16 bits per heavy atom. The van der Waals surface area contributed by atoms with Crippen LogP contribution >= 0.6 is 0 Å². The van der Waals surface area contributed by atoms with Gasteiger partial charge in [0.2, 0.25) is 5.91 Å². The second kappa shape index (κ2) is 9.37. The van der Waals surface area contributed by atoms with Crippen molar-refractivity contribution in [3.63, 3.8) is 0 Å². The molecule has 1 aromatic heterocycles. The summed E-state index contributed by atoms with van der Waals surface area (Å²) < 4.78 is 2.04. The van der Waals surface area contributed by atoms with Crippen molar-refractivity contribution < 1.29 is 4.79 Å². The number of hydrogen-bond acceptors (Lipinski definition) is 3. The summed E-state index contributed by atoms with van der Waals surface area (Å²) in [7, 11) is 0. The van der Waals surface area contributed by atoms with E-state index in [9.17, 15) is 4.79 Å². The van der Waals surface area contributed by atoms with Gasteiger partial charge in [-0.2, -0.15) is 5.10 Å². The van der Waals surface area contributed by atoms with E-state index in [0.717, 1.165) is 37.2 Å². The molecule has 0 aliphatic heterocycles. The Kier molecular flexibility index (Phi) is 7.19. The quantitative estimate of drug-likeness (QED) is 0.688. The first-order chi connectivity index (χ1) is 12.0. The predicted molar refractivity (Wildman–Crippen MR) is 102 cm³/mol. The highest BCUT2D eigenvalue weighted by Crippen LogP contribution is 2.17. The van der Waals surface area contributed by atoms with Crippen LogP contribution in [0.5, 0.6) is 0 Å². The number of aryl methyl sites for hydroxylation is 2. The third-order valence-corrected chi connectivity index (χ3v) is 4.54. The van der Waals surface area contributed by atoms with Crippen molar-refractivity contribution in [2.24, 2.45) is 5.73 Å². The van der Waals surface area contributed by atoms with Gasteiger partial charge >= 0.3 is 0 Å². The molecule has 136 valence electrons. The second-order valence-corrected chi connectivity index (χ2v) is 6.64. The average Bonchev–Trinajstić information content (AvgIpc) is 2.85. The van der Waals surface area contributed by atoms with Gasteiger partial charge < -0.3 is 11.1 Å². The van der Waals surface area contributed by atoms with Crippen molar-refractivity contribution in [1.82, 2.24) is 15.1 Å². The first-order valence-electron chi connectivity index (χ1n) is 9.06. The van der Waals surface area contributed by atoms with Gasteiger partial charge in [-0.3, -0.25) is 9.48 Å². The van der Waals surface area contributed by atoms with E-state index >= 15 is 0 Å². The van der Waals surface area contributed by atoms with Gasteiger partial charge in [-0.1, -0.05) is 29.8 Å². The third kappa shape index (κ3) is 5.71. The SMILES string of the molecule is Cc1ccc(Cn2nc(C)c(CCC(=O)NCCCCN)c2C)cc1. The van der Waals surface area contributed by atoms with Crippen molar-refractivity contribution in [2.75, 3.05) is 13.1 Å². The molecule has 2 rings (SSSR count). The molecular formula is C20H30N4O. The van der Waals surface area contributed by atoms with E-state index in [1.807, 2.05) is 11.6 Å². The van der Waals surface area contributed by atoms with Gasteiger partial charge in [0.1, 0.15) is 0 Å². The van der Waals surface area contributed by atoms with Crippen LogP contribution in [-0.2, 0) is 17.8 Å². The molecule has 1 amide bonds. The maximum atomic E-state index is 12.0. The van der Waals surface area contributed by atoms with E-state index in [0.29, 0.717) is 19.5 Å². The lowest BCUT2D eigenvalue weighted by atomic mass is 10.1. The fourth-order valence-corrected chi connectivity index (χ4v) is 2.94. The zero-order valence-electron chi connectivity index (χ0n) is 15.6. The maximum Gasteiger partial charge on any atom is 0.220 e. The van der Waals surface area contributed by atoms with Crippen LogP contribution in [0.3, 0.4) is 0 Å². The summed E-state index contributed by atoms with van der Waals surface area (Å²) in [4.78, 5) is 12.0. The average molecular weight is 342 g/mol. The van der Waals surface area contributed by atoms with Gasteiger partial charge in [0, 0.05) is 18.7 Å². The minimum Gasteiger partial charge on any atom is -0.356 e. The molecule has 0 aliphatic carbocycles. The molecule has 0 bridgehead atoms. The van der Waals surface area contributed by atoms with Crippen molar-refractivity contribution in [1.29, 1.82) is 0 Å². The van der Waals surface area contributed by atoms with Gasteiger partial charge in [-0.05, 0) is 57.7 Å². The van der Waals surface area contributed by atoms with E-state index in [1.54, 1.807) is 0 Å². The molecule has 3 N–H and O–H groups in total. The van der Waals surface area contributed by atoms with Gasteiger partial charge in [-0.15, -0.1) is 0 Å². The van der Waals surface area contributed by atoms with Crippen LogP contribution in [0.4, 0.5) is 0 Å². The summed E-state index contributed by atoms with van der Waals surface area (Å²) in [6, 6.07) is 8.52. The molecule has 0 unspecified atom stereocenters. The molecule has 1 heterocycles. The van der Waals surface area contributed by atoms with Crippen LogP contribution in [0.25, 0.3) is 0 Å². The number of carbonyl (C=O) groups excluding carboxylic acids is 1. The molecule has 2 aromatic rings. The normalized spacial score (nSPS) is 10.9. The van der Waals surface area contributed by atoms with Crippen LogP contribution in [0.15, 0.2) is 24.3 Å². The standard InChI is InChI=1S/C20H30N4O/c1-15-6-8-18(9-7-15)14-24-17(3)19(16(2)23-24)10-11-20(25)22-13-5-4-12-21/h6-9H,4-5,10-14,21H2,1-3H3,(H,22,25). The number of rotatable bonds is 9. The molecule has 0 saturated carbocycles. The number of aromatic nitrogens is 2. The highest BCUT2D eigenvalue weighted by molar-refractivity contribution is 5.76. The van der Waals surface area contributed by atoms with Crippen LogP contribution < -0.4 is 11.1 Å². The van der Waals surface area contributed by atoms with Gasteiger partial charge in [0.05, 0.1) is 12.2 Å². The Balaban J connectivity index is 1.92. The summed E-state index contributed by atoms with van der Waals surface area (Å²) in [5.74, 6) is 0.0992. The molecule has 0 atom stereocenters. The summed E-state index contributed by atoms with van der Waals surface area (Å²) in [6.45, 7) is 8.34. The molecule has 0 aliphatic rings. The minimum atomic E-state index is 0.0992. The Hall–Kier alpha value is -2.14. The molecule has 5 nitrogen and oxygen atoms in total. The lowest BCUT2D eigenvalue weighted by molar-refractivity contribution is -0.121. The van der Waals surface area contributed by atoms with Gasteiger partial charge in [0.25, 0.3) is 0 Å². The number of hydrogen-bond donors (Lipinski definition) is 2. The number of unbranched alkanes of at least 4 members (excludes halogenated alkanes) is 1. The number of nitrogens with two attached hydrogens (primary N) is 1. The topological polar surface area (TPSA) is 72.9 Å². The van der Waals surface area contributed by atoms with Crippen LogP contribution in [0.1, 0.15) is 47.3 Å². The first-order valence-corrected chi connectivity index (χ1v) is 9.06. The molecule has 25 heavy (non-hydrogen) atoms. The van der Waals surface area contributed by atoms with E-state index < -0.39 is 0 Å². The maximum absolute atomic E-state index is 12.0. The predicted octanol–water partition coefficient (Wildman–Crippen LogP) is 2.64. The fourth-order valence-electron chi connectivity index (χ4n) is 2.94. The number of amides is 1. The first kappa shape index (κ1) is 19.2. The summed E-state index contributed by atoms with van der Waals surface area (Å²) in [5, 5.41) is 7.62. The van der Waals surface area contributed by atoms with E-state index in [4.69, 9.17) is 5.73 Å². The monoisotopic (exact) mass is 342 g/mol. The fraction of sp³-hybridized carbons (Fsp3) is 0.500. The van der Waals surface area contributed by atoms with E-state index in [1.165, 1.54) is 16.7 Å². The second-order valence-electron chi connectivity index (χ2n) is 6.64. The summed E-state index contributed by atoms with van der Waals surface area (Å²) in [5.41, 5.74) is 11.3. The molecule has 5 heteroatoms. The third-order valence-electron chi connectivity index (χ3n) is 4.54. The minimum absolute atomic E-state index is 0.0992. The molecule has 0 spiro atoms. The highest BCUT2D eigenvalue weighted by atomic mass is 16.1. The number of nitrogens with zero attached hydrogens (tertiary/aromatic N) is 2. The summed E-state index contributed by atoms with van der Waals surface area (Å²) >= 11 is 0. The van der Waals surface area contributed by atoms with Crippen LogP contribution in [-0.4, -0.2) is 28.8 Å². The van der Waals surface area contributed by atoms with Crippen LogP contribution in [0, 0.1) is 20.8 Å². The number of benzene rings is 1. The zero-order chi connectivity index (χ0) is 18.2. The van der Waals surface area contributed by atoms with Gasteiger partial charge in [0.15, 0.2) is 0 Å². The lowest BCUT2D eigenvalue weighted by Gasteiger charge is -2.07. The van der Waals surface area contributed by atoms with Crippen molar-refractivity contribution in [3.8, 4) is 0 Å². The van der Waals surface area contributed by atoms with Crippen molar-refractivity contribution in [3.05, 3.63) is 52.3 Å². The molecule has 0 radical (unpaired) electrons. The van der Waals surface area contributed by atoms with Gasteiger partial charge in [-0.25, -0.2) is 0 Å². The molecule has 1 aromatic carbocycles. The molecule has 0 fully saturated rings. The Bertz CT molecular complexity index is 688. The zero-order valence-corrected chi connectivity index (χ0v) is 15.6. The van der Waals surface area contributed by atoms with E-state index in [-0.39, 0.29) is 5.91 Å². The smallest absolute Gasteiger partial charge is 0.220 e. The van der Waals surface area contributed by atoms with E-state index in [2.05, 4.69) is 48.5 Å². The highest BCUT2D eigenvalue weighted by Gasteiger charge is 2.13.